The molecule has 1 N–H and O–H groups in total. The minimum absolute atomic E-state index is 0.155. The van der Waals surface area contributed by atoms with Crippen LogP contribution in [-0.4, -0.2) is 50.8 Å². The van der Waals surface area contributed by atoms with Crippen molar-refractivity contribution in [3.05, 3.63) is 48.0 Å². The third kappa shape index (κ3) is 5.67. The maximum Gasteiger partial charge on any atom is 0.244 e. The Morgan fingerprint density at radius 3 is 2.60 bits per heavy atom. The van der Waals surface area contributed by atoms with Crippen molar-refractivity contribution in [2.75, 3.05) is 36.5 Å². The lowest BCUT2D eigenvalue weighted by molar-refractivity contribution is -0.121. The molecule has 2 aliphatic heterocycles. The van der Waals surface area contributed by atoms with Gasteiger partial charge in [-0.05, 0) is 74.4 Å². The third-order valence-corrected chi connectivity index (χ3v) is 8.52. The van der Waals surface area contributed by atoms with Gasteiger partial charge in [0.15, 0.2) is 0 Å². The van der Waals surface area contributed by atoms with Crippen molar-refractivity contribution in [1.29, 1.82) is 0 Å². The topological polar surface area (TPSA) is 96.0 Å². The molecule has 35 heavy (non-hydrogen) atoms. The van der Waals surface area contributed by atoms with Crippen molar-refractivity contribution < 1.29 is 22.7 Å². The van der Waals surface area contributed by atoms with Crippen LogP contribution < -0.4 is 15.0 Å². The number of hydrogen-bond donors (Lipinski definition) is 1. The minimum Gasteiger partial charge on any atom is -0.492 e. The van der Waals surface area contributed by atoms with E-state index in [1.807, 2.05) is 13.0 Å². The molecule has 2 heterocycles. The summed E-state index contributed by atoms with van der Waals surface area (Å²) in [7, 11) is -3.60. The number of hydrogen-bond acceptors (Lipinski definition) is 5. The zero-order valence-electron chi connectivity index (χ0n) is 20.3. The molecule has 2 aliphatic rings. The Morgan fingerprint density at radius 1 is 1.11 bits per heavy atom. The Morgan fingerprint density at radius 2 is 1.86 bits per heavy atom. The van der Waals surface area contributed by atoms with E-state index in [0.29, 0.717) is 62.0 Å². The molecule has 2 aromatic rings. The lowest BCUT2D eigenvalue weighted by Gasteiger charge is -2.30. The fourth-order valence-electron chi connectivity index (χ4n) is 4.62. The summed E-state index contributed by atoms with van der Waals surface area (Å²) in [5.41, 5.74) is 1.90. The van der Waals surface area contributed by atoms with E-state index in [0.717, 1.165) is 18.4 Å². The van der Waals surface area contributed by atoms with Gasteiger partial charge in [0.2, 0.25) is 21.8 Å². The number of carbonyl (C=O) groups is 2. The quantitative estimate of drug-likeness (QED) is 0.625. The Balaban J connectivity index is 1.55. The van der Waals surface area contributed by atoms with Crippen LogP contribution in [0.25, 0.3) is 0 Å². The molecule has 1 saturated heterocycles. The van der Waals surface area contributed by atoms with Crippen LogP contribution in [0.3, 0.4) is 0 Å². The molecule has 1 fully saturated rings. The van der Waals surface area contributed by atoms with Crippen LogP contribution in [0.1, 0.15) is 45.1 Å². The van der Waals surface area contributed by atoms with Crippen molar-refractivity contribution in [2.45, 2.75) is 50.8 Å². The highest BCUT2D eigenvalue weighted by molar-refractivity contribution is 7.89. The monoisotopic (exact) mass is 499 g/mol. The molecule has 0 spiro atoms. The molecule has 188 valence electrons. The van der Waals surface area contributed by atoms with E-state index >= 15 is 0 Å². The highest BCUT2D eigenvalue weighted by Gasteiger charge is 2.30. The standard InChI is InChI=1S/C26H33N3O5S/c1-3-34-24-9-5-4-8-22(24)27-25(30)18-29-23-12-11-21(17-20(23)7-6-10-26(29)31)35(32,33)28-15-13-19(2)14-16-28/h4-5,8-9,11-12,17,19H,3,6-7,10,13-16,18H2,1-2H3,(H,27,30). The summed E-state index contributed by atoms with van der Waals surface area (Å²) in [5, 5.41) is 2.84. The fraction of sp³-hybridized carbons (Fsp3) is 0.462. The van der Waals surface area contributed by atoms with E-state index in [1.54, 1.807) is 40.7 Å². The SMILES string of the molecule is CCOc1ccccc1NC(=O)CN1C(=O)CCCc2cc(S(=O)(=O)N3CCC(C)CC3)ccc21. The number of aryl methyl sites for hydroxylation is 1. The number of nitrogens with one attached hydrogen (secondary N) is 1. The maximum absolute atomic E-state index is 13.2. The van der Waals surface area contributed by atoms with E-state index in [4.69, 9.17) is 4.74 Å². The first kappa shape index (κ1) is 25.2. The van der Waals surface area contributed by atoms with Gasteiger partial charge in [0.05, 0.1) is 17.2 Å². The highest BCUT2D eigenvalue weighted by atomic mass is 32.2. The number of piperidine rings is 1. The molecule has 0 bridgehead atoms. The molecule has 8 nitrogen and oxygen atoms in total. The first-order valence-electron chi connectivity index (χ1n) is 12.2. The Bertz CT molecular complexity index is 1190. The number of sulfonamides is 1. The van der Waals surface area contributed by atoms with Gasteiger partial charge in [-0.1, -0.05) is 19.1 Å². The number of anilines is 2. The Hall–Kier alpha value is -2.91. The summed E-state index contributed by atoms with van der Waals surface area (Å²) in [4.78, 5) is 27.5. The Labute approximate surface area is 207 Å². The van der Waals surface area contributed by atoms with E-state index in [9.17, 15) is 18.0 Å². The molecule has 0 unspecified atom stereocenters. The summed E-state index contributed by atoms with van der Waals surface area (Å²) in [6, 6.07) is 12.0. The van der Waals surface area contributed by atoms with Gasteiger partial charge in [-0.15, -0.1) is 0 Å². The van der Waals surface area contributed by atoms with Crippen molar-refractivity contribution >= 4 is 33.2 Å². The number of benzene rings is 2. The van der Waals surface area contributed by atoms with Gasteiger partial charge in [-0.2, -0.15) is 4.31 Å². The molecule has 0 atom stereocenters. The lowest BCUT2D eigenvalue weighted by Crippen LogP contribution is -2.38. The minimum atomic E-state index is -3.60. The average molecular weight is 500 g/mol. The van der Waals surface area contributed by atoms with Gasteiger partial charge >= 0.3 is 0 Å². The van der Waals surface area contributed by atoms with E-state index in [2.05, 4.69) is 12.2 Å². The fourth-order valence-corrected chi connectivity index (χ4v) is 6.14. The molecule has 2 amide bonds. The number of amides is 2. The predicted octanol–water partition coefficient (Wildman–Crippen LogP) is 3.81. The Kier molecular flexibility index (Phi) is 7.76. The highest BCUT2D eigenvalue weighted by Crippen LogP contribution is 2.32. The van der Waals surface area contributed by atoms with Crippen LogP contribution >= 0.6 is 0 Å². The van der Waals surface area contributed by atoms with Gasteiger partial charge in [0, 0.05) is 25.2 Å². The number of para-hydroxylation sites is 2. The second-order valence-electron chi connectivity index (χ2n) is 9.19. The first-order chi connectivity index (χ1) is 16.8. The molecular formula is C26H33N3O5S. The van der Waals surface area contributed by atoms with Gasteiger partial charge in [0.1, 0.15) is 12.3 Å². The lowest BCUT2D eigenvalue weighted by atomic mass is 10.0. The molecule has 9 heteroatoms. The molecule has 0 aliphatic carbocycles. The number of rotatable bonds is 7. The van der Waals surface area contributed by atoms with Crippen LogP contribution in [0.5, 0.6) is 5.75 Å². The number of fused-ring (bicyclic) bond motifs is 1. The second-order valence-corrected chi connectivity index (χ2v) is 11.1. The number of nitrogens with zero attached hydrogens (tertiary/aromatic N) is 2. The summed E-state index contributed by atoms with van der Waals surface area (Å²) >= 11 is 0. The van der Waals surface area contributed by atoms with Crippen molar-refractivity contribution in [3.8, 4) is 5.75 Å². The van der Waals surface area contributed by atoms with Crippen molar-refractivity contribution in [2.24, 2.45) is 5.92 Å². The van der Waals surface area contributed by atoms with Crippen LogP contribution in [0.2, 0.25) is 0 Å². The summed E-state index contributed by atoms with van der Waals surface area (Å²) in [6.07, 6.45) is 3.18. The van der Waals surface area contributed by atoms with Crippen LogP contribution in [0.4, 0.5) is 11.4 Å². The number of carbonyl (C=O) groups excluding carboxylic acids is 2. The average Bonchev–Trinajstić information content (AvgIpc) is 2.99. The molecule has 0 saturated carbocycles. The summed E-state index contributed by atoms with van der Waals surface area (Å²) in [6.45, 7) is 5.35. The third-order valence-electron chi connectivity index (χ3n) is 6.62. The molecule has 2 aromatic carbocycles. The van der Waals surface area contributed by atoms with Gasteiger partial charge in [-0.3, -0.25) is 9.59 Å². The number of ether oxygens (including phenoxy) is 1. The van der Waals surface area contributed by atoms with Gasteiger partial charge < -0.3 is 15.0 Å². The zero-order chi connectivity index (χ0) is 25.0. The summed E-state index contributed by atoms with van der Waals surface area (Å²) < 4.78 is 33.6. The van der Waals surface area contributed by atoms with Crippen molar-refractivity contribution in [3.63, 3.8) is 0 Å². The normalized spacial score (nSPS) is 17.5. The molecule has 4 rings (SSSR count). The second kappa shape index (κ2) is 10.8. The first-order valence-corrected chi connectivity index (χ1v) is 13.7. The maximum atomic E-state index is 13.2. The van der Waals surface area contributed by atoms with Gasteiger partial charge in [0.25, 0.3) is 0 Å². The smallest absolute Gasteiger partial charge is 0.244 e. The zero-order valence-corrected chi connectivity index (χ0v) is 21.1. The van der Waals surface area contributed by atoms with Crippen LogP contribution in [0.15, 0.2) is 47.4 Å². The van der Waals surface area contributed by atoms with Crippen molar-refractivity contribution in [1.82, 2.24) is 4.31 Å². The van der Waals surface area contributed by atoms with Gasteiger partial charge in [-0.25, -0.2) is 8.42 Å². The molecule has 0 radical (unpaired) electrons. The largest absolute Gasteiger partial charge is 0.492 e. The van der Waals surface area contributed by atoms with Crippen LogP contribution in [-0.2, 0) is 26.0 Å². The van der Waals surface area contributed by atoms with E-state index in [-0.39, 0.29) is 23.3 Å². The molecule has 0 aromatic heterocycles. The van der Waals surface area contributed by atoms with E-state index in [1.165, 1.54) is 4.90 Å². The predicted molar refractivity (Wildman–Crippen MR) is 135 cm³/mol. The van der Waals surface area contributed by atoms with E-state index < -0.39 is 10.0 Å². The molecular weight excluding hydrogens is 466 g/mol. The van der Waals surface area contributed by atoms with Crippen LogP contribution in [0, 0.1) is 5.92 Å². The summed E-state index contributed by atoms with van der Waals surface area (Å²) in [5.74, 6) is 0.586.